The number of carbonyl (C=O) groups is 1. The minimum atomic E-state index is -0.327. The second-order valence-corrected chi connectivity index (χ2v) is 6.65. The number of aryl methyl sites for hydroxylation is 2. The molecule has 2 aromatic rings. The second-order valence-electron chi connectivity index (χ2n) is 6.65. The van der Waals surface area contributed by atoms with Crippen molar-refractivity contribution in [2.45, 2.75) is 40.7 Å². The van der Waals surface area contributed by atoms with Crippen molar-refractivity contribution in [3.8, 4) is 0 Å². The third-order valence-electron chi connectivity index (χ3n) is 4.64. The van der Waals surface area contributed by atoms with Gasteiger partial charge in [0.2, 0.25) is 0 Å². The number of rotatable bonds is 8. The number of hydrogen-bond donors (Lipinski definition) is 2. The van der Waals surface area contributed by atoms with E-state index in [1.165, 1.54) is 5.56 Å². The third kappa shape index (κ3) is 5.45. The Labute approximate surface area is 165 Å². The van der Waals surface area contributed by atoms with Crippen molar-refractivity contribution in [2.24, 2.45) is 5.18 Å². The maximum atomic E-state index is 12.5. The summed E-state index contributed by atoms with van der Waals surface area (Å²) in [4.78, 5) is 31.5. The summed E-state index contributed by atoms with van der Waals surface area (Å²) in [6.07, 6.45) is 6.16. The predicted octanol–water partition coefficient (Wildman–Crippen LogP) is 1.70. The van der Waals surface area contributed by atoms with Crippen LogP contribution in [0.4, 0.5) is 0 Å². The first-order chi connectivity index (χ1) is 13.5. The Morgan fingerprint density at radius 3 is 2.71 bits per heavy atom. The molecule has 0 saturated heterocycles. The summed E-state index contributed by atoms with van der Waals surface area (Å²) >= 11 is 0. The van der Waals surface area contributed by atoms with Gasteiger partial charge in [0.05, 0.1) is 18.8 Å². The van der Waals surface area contributed by atoms with E-state index < -0.39 is 0 Å². The third-order valence-corrected chi connectivity index (χ3v) is 4.64. The Morgan fingerprint density at radius 2 is 2.04 bits per heavy atom. The molecular formula is C21H27N5O2. The standard InChI is InChI=1S/C21H27N5O2/c1-5-14(2)18-6-7-23-20(21(27)24-8-9-26-28)19(18)13-22-12-17-10-15(3)16(4)11-25-17/h6-7,10-11,13,22H,5,8-9,12H2,1-4H3,(H,24,27)/b18-14-,19-13+. The van der Waals surface area contributed by atoms with Gasteiger partial charge in [-0.1, -0.05) is 17.7 Å². The van der Waals surface area contributed by atoms with Gasteiger partial charge in [-0.2, -0.15) is 4.91 Å². The molecule has 0 saturated carbocycles. The Kier molecular flexibility index (Phi) is 7.80. The molecule has 28 heavy (non-hydrogen) atoms. The van der Waals surface area contributed by atoms with E-state index in [0.717, 1.165) is 33.7 Å². The van der Waals surface area contributed by atoms with Crippen LogP contribution < -0.4 is 21.1 Å². The zero-order valence-corrected chi connectivity index (χ0v) is 16.9. The quantitative estimate of drug-likeness (QED) is 0.536. The zero-order valence-electron chi connectivity index (χ0n) is 16.9. The van der Waals surface area contributed by atoms with E-state index in [-0.39, 0.29) is 19.0 Å². The van der Waals surface area contributed by atoms with Gasteiger partial charge in [-0.05, 0) is 55.7 Å². The lowest BCUT2D eigenvalue weighted by atomic mass is 10.1. The molecule has 2 N–H and O–H groups in total. The molecule has 7 heteroatoms. The lowest BCUT2D eigenvalue weighted by Gasteiger charge is -2.07. The van der Waals surface area contributed by atoms with Crippen molar-refractivity contribution in [3.63, 3.8) is 0 Å². The summed E-state index contributed by atoms with van der Waals surface area (Å²) in [6, 6.07) is 3.95. The number of carbonyl (C=O) groups excluding carboxylic acids is 1. The number of nitrogens with zero attached hydrogens (tertiary/aromatic N) is 3. The minimum absolute atomic E-state index is 0.0291. The Morgan fingerprint density at radius 1 is 1.25 bits per heavy atom. The molecule has 0 aromatic carbocycles. The number of nitrogens with one attached hydrogen (secondary N) is 2. The van der Waals surface area contributed by atoms with E-state index in [2.05, 4.69) is 39.6 Å². The highest BCUT2D eigenvalue weighted by Gasteiger charge is 2.10. The molecule has 2 heterocycles. The number of amides is 1. The van der Waals surface area contributed by atoms with Gasteiger partial charge in [-0.15, -0.1) is 0 Å². The SMILES string of the molecule is CC/C(C)=c1/ccnc(C(=O)NCCN=O)/c1=C/NCc1cc(C)c(C)cn1. The molecular weight excluding hydrogens is 354 g/mol. The van der Waals surface area contributed by atoms with Crippen molar-refractivity contribution in [1.29, 1.82) is 0 Å². The average molecular weight is 381 g/mol. The Hall–Kier alpha value is -3.09. The number of aromatic nitrogens is 2. The highest BCUT2D eigenvalue weighted by atomic mass is 16.3. The van der Waals surface area contributed by atoms with Gasteiger partial charge in [0.1, 0.15) is 5.69 Å². The van der Waals surface area contributed by atoms with Gasteiger partial charge in [-0.25, -0.2) is 0 Å². The molecule has 0 spiro atoms. The van der Waals surface area contributed by atoms with Crippen LogP contribution in [-0.2, 0) is 6.54 Å². The highest BCUT2D eigenvalue weighted by molar-refractivity contribution is 5.92. The van der Waals surface area contributed by atoms with Crippen molar-refractivity contribution >= 4 is 17.7 Å². The summed E-state index contributed by atoms with van der Waals surface area (Å²) < 4.78 is 0. The van der Waals surface area contributed by atoms with Crippen LogP contribution in [0.25, 0.3) is 11.8 Å². The summed E-state index contributed by atoms with van der Waals surface area (Å²) in [7, 11) is 0. The van der Waals surface area contributed by atoms with Gasteiger partial charge in [0, 0.05) is 30.4 Å². The van der Waals surface area contributed by atoms with E-state index in [9.17, 15) is 9.70 Å². The predicted molar refractivity (Wildman–Crippen MR) is 111 cm³/mol. The molecule has 0 aliphatic heterocycles. The van der Waals surface area contributed by atoms with Gasteiger partial charge < -0.3 is 10.6 Å². The molecule has 0 radical (unpaired) electrons. The van der Waals surface area contributed by atoms with Crippen molar-refractivity contribution < 1.29 is 4.79 Å². The molecule has 0 bridgehead atoms. The zero-order chi connectivity index (χ0) is 20.5. The van der Waals surface area contributed by atoms with E-state index in [4.69, 9.17) is 0 Å². The highest BCUT2D eigenvalue weighted by Crippen LogP contribution is 2.06. The van der Waals surface area contributed by atoms with E-state index in [1.54, 1.807) is 6.20 Å². The fourth-order valence-corrected chi connectivity index (χ4v) is 2.70. The van der Waals surface area contributed by atoms with Crippen LogP contribution in [0, 0.1) is 18.8 Å². The Balaban J connectivity index is 2.38. The van der Waals surface area contributed by atoms with Crippen LogP contribution >= 0.6 is 0 Å². The topological polar surface area (TPSA) is 96.3 Å². The van der Waals surface area contributed by atoms with Crippen molar-refractivity contribution in [2.75, 3.05) is 13.1 Å². The lowest BCUT2D eigenvalue weighted by molar-refractivity contribution is 0.0948. The summed E-state index contributed by atoms with van der Waals surface area (Å²) in [5.74, 6) is -0.327. The maximum absolute atomic E-state index is 12.5. The number of nitroso groups, excluding NO2 is 1. The normalized spacial score (nSPS) is 12.5. The van der Waals surface area contributed by atoms with Crippen LogP contribution in [0.3, 0.4) is 0 Å². The summed E-state index contributed by atoms with van der Waals surface area (Å²) in [6.45, 7) is 8.95. The lowest BCUT2D eigenvalue weighted by Crippen LogP contribution is -2.40. The number of pyridine rings is 2. The first-order valence-corrected chi connectivity index (χ1v) is 9.35. The first kappa shape index (κ1) is 21.2. The molecule has 0 atom stereocenters. The largest absolute Gasteiger partial charge is 0.385 e. The fraction of sp³-hybridized carbons (Fsp3) is 0.381. The minimum Gasteiger partial charge on any atom is -0.385 e. The Bertz CT molecular complexity index is 969. The van der Waals surface area contributed by atoms with Crippen LogP contribution in [0.1, 0.15) is 47.6 Å². The van der Waals surface area contributed by atoms with Crippen LogP contribution in [0.5, 0.6) is 0 Å². The summed E-state index contributed by atoms with van der Waals surface area (Å²) in [5, 5.41) is 10.4. The molecule has 1 amide bonds. The molecule has 2 rings (SSSR count). The van der Waals surface area contributed by atoms with Gasteiger partial charge >= 0.3 is 0 Å². The molecule has 7 nitrogen and oxygen atoms in total. The first-order valence-electron chi connectivity index (χ1n) is 9.35. The summed E-state index contributed by atoms with van der Waals surface area (Å²) in [5.41, 5.74) is 4.73. The molecule has 148 valence electrons. The van der Waals surface area contributed by atoms with E-state index >= 15 is 0 Å². The molecule has 2 aromatic heterocycles. The van der Waals surface area contributed by atoms with Gasteiger partial charge in [0.25, 0.3) is 5.91 Å². The van der Waals surface area contributed by atoms with E-state index in [0.29, 0.717) is 12.2 Å². The van der Waals surface area contributed by atoms with Crippen LogP contribution in [0.2, 0.25) is 0 Å². The second kappa shape index (κ2) is 10.3. The van der Waals surface area contributed by atoms with E-state index in [1.807, 2.05) is 38.4 Å². The molecule has 0 aliphatic rings. The monoisotopic (exact) mass is 381 g/mol. The average Bonchev–Trinajstić information content (AvgIpc) is 2.70. The molecule has 0 unspecified atom stereocenters. The van der Waals surface area contributed by atoms with Gasteiger partial charge in [-0.3, -0.25) is 14.8 Å². The fourth-order valence-electron chi connectivity index (χ4n) is 2.70. The molecule has 0 fully saturated rings. The van der Waals surface area contributed by atoms with Crippen molar-refractivity contribution in [3.05, 3.63) is 62.4 Å². The van der Waals surface area contributed by atoms with Crippen molar-refractivity contribution in [1.82, 2.24) is 20.6 Å². The van der Waals surface area contributed by atoms with Crippen LogP contribution in [-0.4, -0.2) is 29.0 Å². The smallest absolute Gasteiger partial charge is 0.270 e. The number of hydrogen-bond acceptors (Lipinski definition) is 6. The molecule has 0 aliphatic carbocycles. The van der Waals surface area contributed by atoms with Crippen LogP contribution in [0.15, 0.2) is 29.7 Å². The van der Waals surface area contributed by atoms with Gasteiger partial charge in [0.15, 0.2) is 0 Å². The maximum Gasteiger partial charge on any atom is 0.270 e.